The molecule has 0 spiro atoms. The summed E-state index contributed by atoms with van der Waals surface area (Å²) in [4.78, 5) is 38.5. The van der Waals surface area contributed by atoms with Gasteiger partial charge in [0.2, 0.25) is 0 Å². The Bertz CT molecular complexity index is 1500. The van der Waals surface area contributed by atoms with Gasteiger partial charge in [0.1, 0.15) is 5.75 Å². The molecule has 2 atom stereocenters. The highest BCUT2D eigenvalue weighted by Gasteiger charge is 2.19. The molecule has 1 aliphatic rings. The quantitative estimate of drug-likeness (QED) is 0.217. The van der Waals surface area contributed by atoms with E-state index in [0.717, 1.165) is 24.8 Å². The fourth-order valence-corrected chi connectivity index (χ4v) is 5.23. The third kappa shape index (κ3) is 7.83. The number of anilines is 2. The highest BCUT2D eigenvalue weighted by Crippen LogP contribution is 2.29. The van der Waals surface area contributed by atoms with Crippen LogP contribution in [0.4, 0.5) is 16.2 Å². The molecule has 0 bridgehead atoms. The number of carboxylic acids is 1. The van der Waals surface area contributed by atoms with Crippen molar-refractivity contribution in [3.63, 3.8) is 0 Å². The monoisotopic (exact) mass is 591 g/mol. The Balaban J connectivity index is 1.56. The summed E-state index contributed by atoms with van der Waals surface area (Å²) in [6.07, 6.45) is 6.39. The van der Waals surface area contributed by atoms with Crippen molar-refractivity contribution in [1.82, 2.24) is 5.32 Å². The summed E-state index contributed by atoms with van der Waals surface area (Å²) in [6.45, 7) is -0.278. The molecule has 0 radical (unpaired) electrons. The first-order valence-corrected chi connectivity index (χ1v) is 15.0. The number of nitrogens with zero attached hydrogens (tertiary/aromatic N) is 1. The fraction of sp³-hybridized carbons (Fsp3) is 0.258. The molecule has 0 saturated heterocycles. The maximum atomic E-state index is 13.6. The molecule has 1 unspecified atom stereocenters. The zero-order chi connectivity index (χ0) is 30.2. The van der Waals surface area contributed by atoms with Gasteiger partial charge in [-0.2, -0.15) is 0 Å². The van der Waals surface area contributed by atoms with E-state index in [1.54, 1.807) is 24.3 Å². The van der Waals surface area contributed by atoms with Gasteiger partial charge in [0, 0.05) is 23.2 Å². The Kier molecular flexibility index (Phi) is 10.1. The number of benzene rings is 3. The zero-order valence-corrected chi connectivity index (χ0v) is 23.9. The van der Waals surface area contributed by atoms with Crippen LogP contribution in [-0.2, 0) is 22.1 Å². The SMILES string of the molecule is CS(=O)c1cc(NC(=O)N(Cc2ccc(C(=O)NC[C@@H](O)C(=O)O)cc2)c2ccc(C3=CCCCC3)cc2)ccc1O. The molecule has 10 nitrogen and oxygen atoms in total. The largest absolute Gasteiger partial charge is 0.507 e. The Morgan fingerprint density at radius 3 is 2.33 bits per heavy atom. The smallest absolute Gasteiger partial charge is 0.334 e. The van der Waals surface area contributed by atoms with Gasteiger partial charge in [-0.05, 0) is 84.8 Å². The number of phenols is 1. The number of carbonyl (C=O) groups excluding carboxylic acids is 2. The normalized spacial score (nSPS) is 14.3. The van der Waals surface area contributed by atoms with Gasteiger partial charge in [0.15, 0.2) is 6.10 Å². The molecule has 5 N–H and O–H groups in total. The van der Waals surface area contributed by atoms with Crippen LogP contribution in [0.3, 0.4) is 0 Å². The fourth-order valence-electron chi connectivity index (χ4n) is 4.57. The van der Waals surface area contributed by atoms with Crippen molar-refractivity contribution in [2.75, 3.05) is 23.0 Å². The second kappa shape index (κ2) is 13.9. The molecule has 0 saturated carbocycles. The minimum atomic E-state index is -1.71. The Morgan fingerprint density at radius 1 is 1.00 bits per heavy atom. The number of carboxylic acid groups (broad SMARTS) is 1. The standard InChI is InChI=1S/C31H33N3O7S/c1-42(41)28-17-24(13-16-26(28)35)33-31(40)34(25-14-11-22(12-15-25)21-5-3-2-4-6-21)19-20-7-9-23(10-8-20)29(37)32-18-27(36)30(38)39/h5,7-17,27,35-36H,2-4,6,18-19H2,1H3,(H,32,37)(H,33,40)(H,38,39)/t27-,42?/m1/s1. The Labute approximate surface area is 246 Å². The van der Waals surface area contributed by atoms with E-state index in [1.165, 1.54) is 41.3 Å². The molecule has 3 aromatic carbocycles. The van der Waals surface area contributed by atoms with Crippen LogP contribution in [0.2, 0.25) is 0 Å². The van der Waals surface area contributed by atoms with Gasteiger partial charge in [-0.3, -0.25) is 13.9 Å². The summed E-state index contributed by atoms with van der Waals surface area (Å²) < 4.78 is 12.0. The molecule has 0 heterocycles. The minimum Gasteiger partial charge on any atom is -0.507 e. The summed E-state index contributed by atoms with van der Waals surface area (Å²) in [5.41, 5.74) is 4.38. The molecular weight excluding hydrogens is 558 g/mol. The molecule has 42 heavy (non-hydrogen) atoms. The first-order chi connectivity index (χ1) is 20.1. The summed E-state index contributed by atoms with van der Waals surface area (Å²) >= 11 is 0. The lowest BCUT2D eigenvalue weighted by Crippen LogP contribution is -2.36. The number of nitrogens with one attached hydrogen (secondary N) is 2. The topological polar surface area (TPSA) is 156 Å². The van der Waals surface area contributed by atoms with Crippen molar-refractivity contribution in [3.8, 4) is 5.75 Å². The molecule has 4 rings (SSSR count). The van der Waals surface area contributed by atoms with Gasteiger partial charge in [-0.1, -0.05) is 30.3 Å². The van der Waals surface area contributed by atoms with Gasteiger partial charge >= 0.3 is 12.0 Å². The van der Waals surface area contributed by atoms with Crippen LogP contribution in [0.5, 0.6) is 5.75 Å². The van der Waals surface area contributed by atoms with Gasteiger partial charge in [0.25, 0.3) is 5.91 Å². The average Bonchev–Trinajstić information content (AvgIpc) is 3.00. The van der Waals surface area contributed by atoms with Gasteiger partial charge < -0.3 is 26.0 Å². The predicted octanol–water partition coefficient (Wildman–Crippen LogP) is 4.50. The molecule has 3 amide bonds. The van der Waals surface area contributed by atoms with Crippen LogP contribution in [0.1, 0.15) is 47.2 Å². The van der Waals surface area contributed by atoms with E-state index in [9.17, 15) is 28.8 Å². The lowest BCUT2D eigenvalue weighted by atomic mass is 9.93. The number of allylic oxidation sites excluding steroid dienone is 2. The van der Waals surface area contributed by atoms with E-state index in [1.807, 2.05) is 24.3 Å². The summed E-state index contributed by atoms with van der Waals surface area (Å²) in [7, 11) is -1.46. The molecule has 1 aliphatic carbocycles. The predicted molar refractivity (Wildman–Crippen MR) is 161 cm³/mol. The molecule has 0 fully saturated rings. The number of aromatic hydroxyl groups is 1. The molecule has 0 aliphatic heterocycles. The highest BCUT2D eigenvalue weighted by molar-refractivity contribution is 7.84. The number of aliphatic hydroxyl groups is 1. The van der Waals surface area contributed by atoms with Crippen molar-refractivity contribution in [1.29, 1.82) is 0 Å². The van der Waals surface area contributed by atoms with E-state index in [-0.39, 0.29) is 22.8 Å². The second-order valence-corrected chi connectivity index (χ2v) is 11.3. The molecule has 0 aromatic heterocycles. The lowest BCUT2D eigenvalue weighted by molar-refractivity contribution is -0.146. The molecule has 3 aromatic rings. The lowest BCUT2D eigenvalue weighted by Gasteiger charge is -2.24. The minimum absolute atomic E-state index is 0.125. The van der Waals surface area contributed by atoms with E-state index in [0.29, 0.717) is 16.9 Å². The van der Waals surface area contributed by atoms with Gasteiger partial charge in [-0.25, -0.2) is 9.59 Å². The van der Waals surface area contributed by atoms with Crippen LogP contribution in [0.25, 0.3) is 5.57 Å². The Morgan fingerprint density at radius 2 is 1.71 bits per heavy atom. The van der Waals surface area contributed by atoms with E-state index in [4.69, 9.17) is 5.11 Å². The van der Waals surface area contributed by atoms with Crippen molar-refractivity contribution < 1.29 is 33.9 Å². The number of hydrogen-bond acceptors (Lipinski definition) is 6. The van der Waals surface area contributed by atoms with Crippen molar-refractivity contribution in [2.24, 2.45) is 0 Å². The summed E-state index contributed by atoms with van der Waals surface area (Å²) in [5, 5.41) is 33.4. The first kappa shape index (κ1) is 30.5. The maximum absolute atomic E-state index is 13.6. The van der Waals surface area contributed by atoms with Crippen LogP contribution < -0.4 is 15.5 Å². The number of rotatable bonds is 10. The van der Waals surface area contributed by atoms with E-state index < -0.39 is 41.4 Å². The third-order valence-electron chi connectivity index (χ3n) is 6.90. The number of phenolic OH excluding ortho intramolecular Hbond substituents is 1. The van der Waals surface area contributed by atoms with Crippen molar-refractivity contribution in [2.45, 2.75) is 43.2 Å². The first-order valence-electron chi connectivity index (χ1n) is 13.4. The van der Waals surface area contributed by atoms with Gasteiger partial charge in [0.05, 0.1) is 28.8 Å². The third-order valence-corrected chi connectivity index (χ3v) is 7.85. The van der Waals surface area contributed by atoms with Crippen LogP contribution in [0, 0.1) is 0 Å². The van der Waals surface area contributed by atoms with Crippen molar-refractivity contribution in [3.05, 3.63) is 89.5 Å². The average molecular weight is 592 g/mol. The van der Waals surface area contributed by atoms with Crippen LogP contribution >= 0.6 is 0 Å². The number of urea groups is 1. The number of hydrogen-bond donors (Lipinski definition) is 5. The van der Waals surface area contributed by atoms with E-state index in [2.05, 4.69) is 16.7 Å². The summed E-state index contributed by atoms with van der Waals surface area (Å²) in [6, 6.07) is 18.1. The number of aliphatic carboxylic acids is 1. The van der Waals surface area contributed by atoms with E-state index >= 15 is 0 Å². The second-order valence-electron chi connectivity index (χ2n) is 9.94. The highest BCUT2D eigenvalue weighted by atomic mass is 32.2. The zero-order valence-electron chi connectivity index (χ0n) is 23.1. The summed E-state index contributed by atoms with van der Waals surface area (Å²) in [5.74, 6) is -2.10. The molecule has 220 valence electrons. The maximum Gasteiger partial charge on any atom is 0.334 e. The number of amides is 3. The van der Waals surface area contributed by atoms with Crippen molar-refractivity contribution >= 4 is 45.7 Å². The molecular formula is C31H33N3O7S. The molecule has 11 heteroatoms. The van der Waals surface area contributed by atoms with Crippen LogP contribution in [0.15, 0.2) is 77.7 Å². The number of aliphatic hydroxyl groups excluding tert-OH is 1. The Hall–Kier alpha value is -4.48. The van der Waals surface area contributed by atoms with Gasteiger partial charge in [-0.15, -0.1) is 0 Å². The van der Waals surface area contributed by atoms with Crippen LogP contribution in [-0.4, -0.2) is 56.3 Å². The number of carbonyl (C=O) groups is 3.